The summed E-state index contributed by atoms with van der Waals surface area (Å²) in [5, 5.41) is 0. The maximum Gasteiger partial charge on any atom is 0.264 e. The molecule has 1 aliphatic heterocycles. The molecule has 5 nitrogen and oxygen atoms in total. The summed E-state index contributed by atoms with van der Waals surface area (Å²) in [7, 11) is -4.08. The van der Waals surface area contributed by atoms with Crippen molar-refractivity contribution in [3.8, 4) is 0 Å². The second kappa shape index (κ2) is 7.09. The van der Waals surface area contributed by atoms with E-state index in [1.54, 1.807) is 0 Å². The zero-order valence-electron chi connectivity index (χ0n) is 9.26. The Bertz CT molecular complexity index is 298. The molecule has 1 unspecified atom stereocenters. The van der Waals surface area contributed by atoms with Gasteiger partial charge in [0, 0.05) is 25.1 Å². The Balaban J connectivity index is 2.32. The van der Waals surface area contributed by atoms with Crippen molar-refractivity contribution in [1.82, 2.24) is 4.67 Å². The van der Waals surface area contributed by atoms with Crippen LogP contribution in [0.25, 0.3) is 0 Å². The monoisotopic (exact) mass is 289 g/mol. The summed E-state index contributed by atoms with van der Waals surface area (Å²) in [6.07, 6.45) is 2.67. The summed E-state index contributed by atoms with van der Waals surface area (Å²) in [5.74, 6) is 0.565. The van der Waals surface area contributed by atoms with E-state index in [0.717, 1.165) is 32.4 Å². The van der Waals surface area contributed by atoms with Gasteiger partial charge in [-0.1, -0.05) is 0 Å². The number of nitrogens with zero attached hydrogens (tertiary/aromatic N) is 1. The van der Waals surface area contributed by atoms with E-state index in [4.69, 9.17) is 20.3 Å². The van der Waals surface area contributed by atoms with Crippen molar-refractivity contribution in [3.63, 3.8) is 0 Å². The Hall–Kier alpha value is 0.550. The maximum absolute atomic E-state index is 10.8. The molecule has 0 aromatic heterocycles. The van der Waals surface area contributed by atoms with Crippen LogP contribution in [0.15, 0.2) is 0 Å². The van der Waals surface area contributed by atoms with Crippen LogP contribution in [0.5, 0.6) is 0 Å². The van der Waals surface area contributed by atoms with E-state index >= 15 is 0 Å². The molecule has 1 rings (SSSR count). The standard InChI is InChI=1S/C8H17ClNO4PS/c1-16(11,12)14-7-8-15-10(5-3-9)4-2-6-13-15/h2-8H2,1H3. The SMILES string of the molecule is CS(=O)(=O)OCCP1OCCCN1CCCl. The van der Waals surface area contributed by atoms with E-state index < -0.39 is 18.4 Å². The Morgan fingerprint density at radius 1 is 1.56 bits per heavy atom. The van der Waals surface area contributed by atoms with Crippen molar-refractivity contribution in [2.75, 3.05) is 44.6 Å². The van der Waals surface area contributed by atoms with Gasteiger partial charge in [-0.05, 0) is 6.42 Å². The van der Waals surface area contributed by atoms with E-state index in [-0.39, 0.29) is 6.61 Å². The molecule has 0 bridgehead atoms. The van der Waals surface area contributed by atoms with Gasteiger partial charge in [-0.15, -0.1) is 11.6 Å². The van der Waals surface area contributed by atoms with Crippen LogP contribution in [-0.4, -0.2) is 57.7 Å². The summed E-state index contributed by atoms with van der Waals surface area (Å²) in [4.78, 5) is 0. The molecule has 1 aliphatic rings. The molecule has 96 valence electrons. The highest BCUT2D eigenvalue weighted by Gasteiger charge is 2.23. The number of alkyl halides is 1. The lowest BCUT2D eigenvalue weighted by atomic mass is 10.4. The second-order valence-corrected chi connectivity index (χ2v) is 7.43. The average Bonchev–Trinajstić information content (AvgIpc) is 2.19. The fraction of sp³-hybridized carbons (Fsp3) is 1.00. The van der Waals surface area contributed by atoms with Gasteiger partial charge in [-0.3, -0.25) is 8.85 Å². The van der Waals surface area contributed by atoms with Gasteiger partial charge >= 0.3 is 0 Å². The molecule has 0 spiro atoms. The van der Waals surface area contributed by atoms with Gasteiger partial charge in [0.25, 0.3) is 10.1 Å². The predicted molar refractivity (Wildman–Crippen MR) is 65.4 cm³/mol. The molecule has 1 saturated heterocycles. The number of hydrogen-bond donors (Lipinski definition) is 0. The van der Waals surface area contributed by atoms with Crippen LogP contribution >= 0.6 is 19.9 Å². The zero-order chi connectivity index (χ0) is 12.0. The minimum absolute atomic E-state index is 0.184. The van der Waals surface area contributed by atoms with Gasteiger partial charge in [-0.25, -0.2) is 0 Å². The van der Waals surface area contributed by atoms with Crippen LogP contribution in [0.4, 0.5) is 0 Å². The molecule has 8 heteroatoms. The summed E-state index contributed by atoms with van der Waals surface area (Å²) < 4.78 is 34.1. The van der Waals surface area contributed by atoms with Crippen molar-refractivity contribution in [2.45, 2.75) is 6.42 Å². The molecule has 0 aliphatic carbocycles. The largest absolute Gasteiger partial charge is 0.343 e. The molecule has 0 amide bonds. The Kier molecular flexibility index (Phi) is 6.47. The van der Waals surface area contributed by atoms with Gasteiger partial charge in [0.15, 0.2) is 0 Å². The van der Waals surface area contributed by atoms with Crippen molar-refractivity contribution >= 4 is 30.0 Å². The lowest BCUT2D eigenvalue weighted by Gasteiger charge is -2.34. The van der Waals surface area contributed by atoms with Crippen LogP contribution in [-0.2, 0) is 18.8 Å². The zero-order valence-corrected chi connectivity index (χ0v) is 11.7. The normalized spacial score (nSPS) is 23.5. The molecule has 1 fully saturated rings. The third kappa shape index (κ3) is 5.75. The van der Waals surface area contributed by atoms with Gasteiger partial charge in [0.2, 0.25) is 0 Å². The van der Waals surface area contributed by atoms with E-state index in [2.05, 4.69) is 4.67 Å². The fourth-order valence-electron chi connectivity index (χ4n) is 1.40. The van der Waals surface area contributed by atoms with E-state index in [0.29, 0.717) is 12.0 Å². The number of halogens is 1. The molecule has 0 saturated carbocycles. The first-order valence-corrected chi connectivity index (χ1v) is 8.83. The lowest BCUT2D eigenvalue weighted by Crippen LogP contribution is -2.29. The van der Waals surface area contributed by atoms with Crippen LogP contribution in [0.2, 0.25) is 0 Å². The third-order valence-corrected chi connectivity index (χ3v) is 4.88. The summed E-state index contributed by atoms with van der Waals surface area (Å²) in [6, 6.07) is 0. The van der Waals surface area contributed by atoms with Gasteiger partial charge in [0.1, 0.15) is 8.30 Å². The highest BCUT2D eigenvalue weighted by Crippen LogP contribution is 2.43. The molecular formula is C8H17ClNO4PS. The quantitative estimate of drug-likeness (QED) is 0.418. The molecule has 1 atom stereocenters. The molecular weight excluding hydrogens is 273 g/mol. The topological polar surface area (TPSA) is 55.8 Å². The van der Waals surface area contributed by atoms with Crippen molar-refractivity contribution in [1.29, 1.82) is 0 Å². The summed E-state index contributed by atoms with van der Waals surface area (Å²) >= 11 is 5.69. The predicted octanol–water partition coefficient (Wildman–Crippen LogP) is 1.24. The maximum atomic E-state index is 10.8. The molecule has 0 N–H and O–H groups in total. The first-order valence-electron chi connectivity index (χ1n) is 5.08. The Morgan fingerprint density at radius 2 is 2.31 bits per heavy atom. The molecule has 0 aromatic rings. The fourth-order valence-corrected chi connectivity index (χ4v) is 4.09. The minimum Gasteiger partial charge on any atom is -0.343 e. The molecule has 1 heterocycles. The molecule has 0 aromatic carbocycles. The summed E-state index contributed by atoms with van der Waals surface area (Å²) in [6.45, 7) is 2.68. The third-order valence-electron chi connectivity index (χ3n) is 2.04. The molecule has 16 heavy (non-hydrogen) atoms. The lowest BCUT2D eigenvalue weighted by molar-refractivity contribution is 0.243. The Labute approximate surface area is 103 Å². The van der Waals surface area contributed by atoms with Crippen LogP contribution < -0.4 is 0 Å². The van der Waals surface area contributed by atoms with Crippen molar-refractivity contribution in [3.05, 3.63) is 0 Å². The van der Waals surface area contributed by atoms with Gasteiger partial charge in [-0.2, -0.15) is 8.42 Å². The average molecular weight is 290 g/mol. The second-order valence-electron chi connectivity index (χ2n) is 3.43. The highest BCUT2D eigenvalue weighted by atomic mass is 35.5. The van der Waals surface area contributed by atoms with E-state index in [1.807, 2.05) is 0 Å². The first kappa shape index (κ1) is 14.6. The number of hydrogen-bond acceptors (Lipinski definition) is 5. The van der Waals surface area contributed by atoms with Gasteiger partial charge < -0.3 is 4.52 Å². The van der Waals surface area contributed by atoms with Crippen LogP contribution in [0, 0.1) is 0 Å². The smallest absolute Gasteiger partial charge is 0.264 e. The van der Waals surface area contributed by atoms with Gasteiger partial charge in [0.05, 0.1) is 19.5 Å². The number of rotatable bonds is 6. The van der Waals surface area contributed by atoms with Crippen molar-refractivity contribution in [2.24, 2.45) is 0 Å². The Morgan fingerprint density at radius 3 is 2.94 bits per heavy atom. The highest BCUT2D eigenvalue weighted by molar-refractivity contribution is 7.86. The summed E-state index contributed by atoms with van der Waals surface area (Å²) in [5.41, 5.74) is 0. The minimum atomic E-state index is -3.34. The molecule has 0 radical (unpaired) electrons. The van der Waals surface area contributed by atoms with Crippen LogP contribution in [0.1, 0.15) is 6.42 Å². The first-order chi connectivity index (χ1) is 7.53. The van der Waals surface area contributed by atoms with Crippen LogP contribution in [0.3, 0.4) is 0 Å². The van der Waals surface area contributed by atoms with Crippen molar-refractivity contribution < 1.29 is 17.1 Å². The van der Waals surface area contributed by atoms with E-state index in [9.17, 15) is 8.42 Å². The van der Waals surface area contributed by atoms with E-state index in [1.165, 1.54) is 0 Å².